The molecule has 3 rings (SSSR count). The largest absolute Gasteiger partial charge is 0.504 e. The van der Waals surface area contributed by atoms with Crippen LogP contribution in [0.15, 0.2) is 60.0 Å². The molecule has 1 N–H and O–H groups in total. The van der Waals surface area contributed by atoms with Gasteiger partial charge in [-0.2, -0.15) is 0 Å². The summed E-state index contributed by atoms with van der Waals surface area (Å²) in [5.41, 5.74) is 0.710. The van der Waals surface area contributed by atoms with E-state index >= 15 is 0 Å². The number of carbonyl (C=O) groups excluding carboxylic acids is 2. The number of benzene rings is 2. The lowest BCUT2D eigenvalue weighted by atomic mass is 10.0. The Morgan fingerprint density at radius 1 is 0.893 bits per heavy atom. The van der Waals surface area contributed by atoms with Gasteiger partial charge in [-0.25, -0.2) is 9.59 Å². The number of hydrogen-bond acceptors (Lipinski definition) is 7. The maximum absolute atomic E-state index is 12.4. The Balaban J connectivity index is 2.15. The van der Waals surface area contributed by atoms with Gasteiger partial charge in [-0.15, -0.1) is 0 Å². The van der Waals surface area contributed by atoms with Crippen LogP contribution >= 0.6 is 0 Å². The predicted octanol–water partition coefficient (Wildman–Crippen LogP) is 3.11. The zero-order chi connectivity index (χ0) is 20.3. The number of carbonyl (C=O) groups is 2. The van der Waals surface area contributed by atoms with Gasteiger partial charge in [0.2, 0.25) is 0 Å². The molecule has 0 spiro atoms. The van der Waals surface area contributed by atoms with Gasteiger partial charge >= 0.3 is 11.9 Å². The van der Waals surface area contributed by atoms with E-state index in [1.807, 2.05) is 0 Å². The summed E-state index contributed by atoms with van der Waals surface area (Å²) in [7, 11) is 4.24. The molecule has 7 nitrogen and oxygen atoms in total. The van der Waals surface area contributed by atoms with Crippen LogP contribution < -0.4 is 9.47 Å². The minimum absolute atomic E-state index is 0.0485. The van der Waals surface area contributed by atoms with E-state index in [1.54, 1.807) is 48.5 Å². The van der Waals surface area contributed by atoms with Crippen LogP contribution in [-0.4, -0.2) is 38.4 Å². The summed E-state index contributed by atoms with van der Waals surface area (Å²) in [6.45, 7) is 0. The van der Waals surface area contributed by atoms with Crippen LogP contribution in [0.5, 0.6) is 11.5 Å². The summed E-state index contributed by atoms with van der Waals surface area (Å²) in [6.07, 6.45) is 0. The van der Waals surface area contributed by atoms with Crippen LogP contribution in [0.4, 0.5) is 0 Å². The summed E-state index contributed by atoms with van der Waals surface area (Å²) in [4.78, 5) is 24.8. The van der Waals surface area contributed by atoms with Crippen molar-refractivity contribution in [2.75, 3.05) is 21.3 Å². The Hall–Kier alpha value is -3.74. The smallest absolute Gasteiger partial charge is 0.348 e. The number of aliphatic hydroxyl groups is 1. The Morgan fingerprint density at radius 3 is 1.93 bits per heavy atom. The SMILES string of the molecule is COC(=O)/C(=C1\OC(=O)C(c2ccc(OC)cc2)=C1O)c1ccc(OC)cc1. The molecule has 0 aliphatic carbocycles. The summed E-state index contributed by atoms with van der Waals surface area (Å²) < 4.78 is 20.3. The van der Waals surface area contributed by atoms with E-state index in [1.165, 1.54) is 21.3 Å². The molecule has 0 saturated carbocycles. The number of esters is 2. The highest BCUT2D eigenvalue weighted by atomic mass is 16.6. The van der Waals surface area contributed by atoms with Gasteiger partial charge in [0.1, 0.15) is 22.6 Å². The molecule has 0 atom stereocenters. The second kappa shape index (κ2) is 7.87. The number of hydrogen-bond donors (Lipinski definition) is 1. The summed E-state index contributed by atoms with van der Waals surface area (Å²) in [5, 5.41) is 10.7. The molecule has 0 aromatic heterocycles. The predicted molar refractivity (Wildman–Crippen MR) is 101 cm³/mol. The summed E-state index contributed by atoms with van der Waals surface area (Å²) in [5.74, 6) is -1.04. The van der Waals surface area contributed by atoms with Gasteiger partial charge < -0.3 is 24.1 Å². The fraction of sp³-hybridized carbons (Fsp3) is 0.143. The second-order valence-electron chi connectivity index (χ2n) is 5.77. The van der Waals surface area contributed by atoms with Crippen LogP contribution in [0.1, 0.15) is 11.1 Å². The second-order valence-corrected chi connectivity index (χ2v) is 5.77. The van der Waals surface area contributed by atoms with Crippen LogP contribution in [0.2, 0.25) is 0 Å². The van der Waals surface area contributed by atoms with Crippen molar-refractivity contribution >= 4 is 23.1 Å². The quantitative estimate of drug-likeness (QED) is 0.627. The molecule has 144 valence electrons. The fourth-order valence-electron chi connectivity index (χ4n) is 2.79. The highest BCUT2D eigenvalue weighted by Crippen LogP contribution is 2.37. The zero-order valence-electron chi connectivity index (χ0n) is 15.5. The molecule has 0 unspecified atom stereocenters. The molecule has 1 aliphatic rings. The first-order chi connectivity index (χ1) is 13.5. The van der Waals surface area contributed by atoms with Crippen molar-refractivity contribution in [2.24, 2.45) is 0 Å². The van der Waals surface area contributed by atoms with Gasteiger partial charge in [0, 0.05) is 0 Å². The maximum Gasteiger partial charge on any atom is 0.348 e. The molecule has 28 heavy (non-hydrogen) atoms. The van der Waals surface area contributed by atoms with Crippen molar-refractivity contribution in [3.8, 4) is 11.5 Å². The third kappa shape index (κ3) is 3.42. The first kappa shape index (κ1) is 19.0. The van der Waals surface area contributed by atoms with Crippen molar-refractivity contribution in [2.45, 2.75) is 0 Å². The van der Waals surface area contributed by atoms with Crippen molar-refractivity contribution in [3.05, 3.63) is 71.2 Å². The first-order valence-electron chi connectivity index (χ1n) is 8.27. The lowest BCUT2D eigenvalue weighted by Crippen LogP contribution is -2.09. The van der Waals surface area contributed by atoms with Gasteiger partial charge in [0.15, 0.2) is 11.5 Å². The van der Waals surface area contributed by atoms with E-state index in [9.17, 15) is 14.7 Å². The van der Waals surface area contributed by atoms with Crippen LogP contribution in [0.25, 0.3) is 11.1 Å². The molecule has 2 aromatic rings. The standard InChI is InChI=1S/C21H18O7/c1-25-14-8-4-12(5-9-14)16-18(22)19(28-21(16)24)17(20(23)27-3)13-6-10-15(26-2)11-7-13/h4-11,22H,1-3H3/b19-17-. The monoisotopic (exact) mass is 382 g/mol. The van der Waals surface area contributed by atoms with Crippen molar-refractivity contribution in [1.29, 1.82) is 0 Å². The van der Waals surface area contributed by atoms with E-state index in [2.05, 4.69) is 0 Å². The van der Waals surface area contributed by atoms with E-state index < -0.39 is 17.7 Å². The molecule has 7 heteroatoms. The zero-order valence-corrected chi connectivity index (χ0v) is 15.5. The first-order valence-corrected chi connectivity index (χ1v) is 8.27. The minimum Gasteiger partial charge on any atom is -0.504 e. The normalized spacial score (nSPS) is 15.2. The molecule has 0 saturated heterocycles. The van der Waals surface area contributed by atoms with E-state index in [0.717, 1.165) is 0 Å². The van der Waals surface area contributed by atoms with E-state index in [-0.39, 0.29) is 16.9 Å². The number of aliphatic hydroxyl groups excluding tert-OH is 1. The lowest BCUT2D eigenvalue weighted by Gasteiger charge is -2.10. The Bertz CT molecular complexity index is 967. The maximum atomic E-state index is 12.4. The molecule has 0 amide bonds. The molecule has 0 bridgehead atoms. The third-order valence-electron chi connectivity index (χ3n) is 4.22. The van der Waals surface area contributed by atoms with Crippen LogP contribution in [0, 0.1) is 0 Å². The van der Waals surface area contributed by atoms with Gasteiger partial charge in [-0.05, 0) is 35.4 Å². The van der Waals surface area contributed by atoms with Crippen molar-refractivity contribution < 1.29 is 33.6 Å². The lowest BCUT2D eigenvalue weighted by molar-refractivity contribution is -0.134. The molecular weight excluding hydrogens is 364 g/mol. The molecule has 2 aromatic carbocycles. The molecular formula is C21H18O7. The number of cyclic esters (lactones) is 1. The summed E-state index contributed by atoms with van der Waals surface area (Å²) >= 11 is 0. The molecule has 0 fully saturated rings. The molecule has 0 radical (unpaired) electrons. The van der Waals surface area contributed by atoms with Gasteiger partial charge in [-0.3, -0.25) is 0 Å². The van der Waals surface area contributed by atoms with Crippen molar-refractivity contribution in [1.82, 2.24) is 0 Å². The van der Waals surface area contributed by atoms with E-state index in [0.29, 0.717) is 22.6 Å². The summed E-state index contributed by atoms with van der Waals surface area (Å²) in [6, 6.07) is 13.0. The number of rotatable bonds is 5. The minimum atomic E-state index is -0.771. The number of ether oxygens (including phenoxy) is 4. The van der Waals surface area contributed by atoms with Crippen LogP contribution in [-0.2, 0) is 19.1 Å². The number of methoxy groups -OCH3 is 3. The van der Waals surface area contributed by atoms with Gasteiger partial charge in [0.05, 0.1) is 21.3 Å². The highest BCUT2D eigenvalue weighted by Gasteiger charge is 2.36. The topological polar surface area (TPSA) is 91.3 Å². The third-order valence-corrected chi connectivity index (χ3v) is 4.22. The van der Waals surface area contributed by atoms with E-state index in [4.69, 9.17) is 18.9 Å². The molecule has 1 aliphatic heterocycles. The average molecular weight is 382 g/mol. The highest BCUT2D eigenvalue weighted by molar-refractivity contribution is 6.25. The molecule has 1 heterocycles. The Kier molecular flexibility index (Phi) is 5.35. The Labute approximate surface area is 161 Å². The van der Waals surface area contributed by atoms with Gasteiger partial charge in [-0.1, -0.05) is 24.3 Å². The average Bonchev–Trinajstić information content (AvgIpc) is 3.02. The van der Waals surface area contributed by atoms with Gasteiger partial charge in [0.25, 0.3) is 0 Å². The Morgan fingerprint density at radius 2 is 1.43 bits per heavy atom. The fourth-order valence-corrected chi connectivity index (χ4v) is 2.79. The van der Waals surface area contributed by atoms with Crippen molar-refractivity contribution in [3.63, 3.8) is 0 Å². The van der Waals surface area contributed by atoms with Crippen LogP contribution in [0.3, 0.4) is 0 Å².